The summed E-state index contributed by atoms with van der Waals surface area (Å²) in [5.74, 6) is 1.21. The molecule has 0 aliphatic heterocycles. The summed E-state index contributed by atoms with van der Waals surface area (Å²) >= 11 is 0. The van der Waals surface area contributed by atoms with E-state index in [-0.39, 0.29) is 6.04 Å². The Labute approximate surface area is 117 Å². The van der Waals surface area contributed by atoms with E-state index in [4.69, 9.17) is 10.5 Å². The third kappa shape index (κ3) is 2.33. The first-order chi connectivity index (χ1) is 9.75. The lowest BCUT2D eigenvalue weighted by Gasteiger charge is -2.13. The SMILES string of the molecule is CC(N)c1cccnc1Oc1cccc2cccnc12. The molecule has 2 heterocycles. The van der Waals surface area contributed by atoms with Crippen LogP contribution >= 0.6 is 0 Å². The molecular weight excluding hydrogens is 250 g/mol. The van der Waals surface area contributed by atoms with Gasteiger partial charge in [-0.2, -0.15) is 0 Å². The maximum atomic E-state index is 5.95. The first-order valence-electron chi connectivity index (χ1n) is 6.48. The zero-order valence-corrected chi connectivity index (χ0v) is 11.2. The standard InChI is InChI=1S/C16H15N3O/c1-11(17)13-7-4-10-19-16(13)20-14-8-2-5-12-6-3-9-18-15(12)14/h2-11H,17H2,1H3. The minimum absolute atomic E-state index is 0.137. The number of pyridine rings is 2. The van der Waals surface area contributed by atoms with E-state index in [2.05, 4.69) is 9.97 Å². The molecule has 20 heavy (non-hydrogen) atoms. The van der Waals surface area contributed by atoms with Crippen LogP contribution < -0.4 is 10.5 Å². The first-order valence-corrected chi connectivity index (χ1v) is 6.48. The van der Waals surface area contributed by atoms with Crippen LogP contribution in [0.5, 0.6) is 11.6 Å². The summed E-state index contributed by atoms with van der Waals surface area (Å²) < 4.78 is 5.93. The van der Waals surface area contributed by atoms with Gasteiger partial charge in [0.05, 0.1) is 0 Å². The van der Waals surface area contributed by atoms with Gasteiger partial charge in [0.15, 0.2) is 5.75 Å². The summed E-state index contributed by atoms with van der Waals surface area (Å²) in [6, 6.07) is 13.4. The van der Waals surface area contributed by atoms with Gasteiger partial charge >= 0.3 is 0 Å². The van der Waals surface area contributed by atoms with Crippen molar-refractivity contribution in [1.82, 2.24) is 9.97 Å². The van der Waals surface area contributed by atoms with Crippen LogP contribution in [0.25, 0.3) is 10.9 Å². The molecule has 0 saturated carbocycles. The van der Waals surface area contributed by atoms with Crippen LogP contribution in [0.2, 0.25) is 0 Å². The summed E-state index contributed by atoms with van der Waals surface area (Å²) in [5, 5.41) is 1.03. The maximum absolute atomic E-state index is 5.95. The average Bonchev–Trinajstić information content (AvgIpc) is 2.48. The fourth-order valence-corrected chi connectivity index (χ4v) is 2.10. The third-order valence-corrected chi connectivity index (χ3v) is 3.09. The monoisotopic (exact) mass is 265 g/mol. The van der Waals surface area contributed by atoms with Crippen molar-refractivity contribution in [3.8, 4) is 11.6 Å². The molecule has 3 rings (SSSR count). The van der Waals surface area contributed by atoms with E-state index in [1.807, 2.05) is 49.4 Å². The molecule has 1 aromatic carbocycles. The van der Waals surface area contributed by atoms with Crippen molar-refractivity contribution < 1.29 is 4.74 Å². The summed E-state index contributed by atoms with van der Waals surface area (Å²) in [6.45, 7) is 1.91. The second-order valence-corrected chi connectivity index (χ2v) is 4.62. The molecule has 0 saturated heterocycles. The first kappa shape index (κ1) is 12.6. The molecule has 0 aliphatic rings. The smallest absolute Gasteiger partial charge is 0.224 e. The molecule has 2 N–H and O–H groups in total. The Morgan fingerprint density at radius 3 is 2.60 bits per heavy atom. The van der Waals surface area contributed by atoms with Crippen molar-refractivity contribution in [2.24, 2.45) is 5.73 Å². The number of nitrogens with two attached hydrogens (primary N) is 1. The van der Waals surface area contributed by atoms with Gasteiger partial charge in [-0.05, 0) is 25.1 Å². The number of aromatic nitrogens is 2. The zero-order valence-electron chi connectivity index (χ0n) is 11.2. The number of benzene rings is 1. The largest absolute Gasteiger partial charge is 0.436 e. The van der Waals surface area contributed by atoms with Crippen LogP contribution in [0.1, 0.15) is 18.5 Å². The van der Waals surface area contributed by atoms with E-state index in [9.17, 15) is 0 Å². The van der Waals surface area contributed by atoms with Gasteiger partial charge in [-0.3, -0.25) is 4.98 Å². The summed E-state index contributed by atoms with van der Waals surface area (Å²) in [7, 11) is 0. The maximum Gasteiger partial charge on any atom is 0.224 e. The number of rotatable bonds is 3. The lowest BCUT2D eigenvalue weighted by Crippen LogP contribution is -2.07. The van der Waals surface area contributed by atoms with Gasteiger partial charge in [-0.15, -0.1) is 0 Å². The topological polar surface area (TPSA) is 61.0 Å². The van der Waals surface area contributed by atoms with Crippen molar-refractivity contribution in [3.05, 3.63) is 60.4 Å². The van der Waals surface area contributed by atoms with Crippen molar-refractivity contribution in [2.45, 2.75) is 13.0 Å². The third-order valence-electron chi connectivity index (χ3n) is 3.09. The van der Waals surface area contributed by atoms with Crippen LogP contribution in [0.3, 0.4) is 0 Å². The molecule has 4 nitrogen and oxygen atoms in total. The molecule has 1 atom stereocenters. The van der Waals surface area contributed by atoms with Crippen molar-refractivity contribution in [3.63, 3.8) is 0 Å². The number of nitrogens with zero attached hydrogens (tertiary/aromatic N) is 2. The normalized spacial score (nSPS) is 12.3. The van der Waals surface area contributed by atoms with Crippen LogP contribution in [-0.4, -0.2) is 9.97 Å². The quantitative estimate of drug-likeness (QED) is 0.788. The Hall–Kier alpha value is -2.46. The Kier molecular flexibility index (Phi) is 3.31. The van der Waals surface area contributed by atoms with E-state index >= 15 is 0 Å². The van der Waals surface area contributed by atoms with Crippen molar-refractivity contribution >= 4 is 10.9 Å². The Morgan fingerprint density at radius 1 is 1.00 bits per heavy atom. The molecule has 3 aromatic rings. The van der Waals surface area contributed by atoms with Gasteiger partial charge in [0, 0.05) is 29.4 Å². The van der Waals surface area contributed by atoms with E-state index in [1.165, 1.54) is 0 Å². The highest BCUT2D eigenvalue weighted by Crippen LogP contribution is 2.30. The lowest BCUT2D eigenvalue weighted by atomic mass is 10.1. The molecule has 0 spiro atoms. The van der Waals surface area contributed by atoms with Gasteiger partial charge in [-0.1, -0.05) is 24.3 Å². The van der Waals surface area contributed by atoms with Gasteiger partial charge in [0.25, 0.3) is 0 Å². The number of hydrogen-bond acceptors (Lipinski definition) is 4. The number of para-hydroxylation sites is 1. The Morgan fingerprint density at radius 2 is 1.75 bits per heavy atom. The van der Waals surface area contributed by atoms with Gasteiger partial charge in [0.1, 0.15) is 5.52 Å². The predicted octanol–water partition coefficient (Wildman–Crippen LogP) is 3.44. The minimum Gasteiger partial charge on any atom is -0.436 e. The predicted molar refractivity (Wildman–Crippen MR) is 78.7 cm³/mol. The number of hydrogen-bond donors (Lipinski definition) is 1. The van der Waals surface area contributed by atoms with E-state index in [0.717, 1.165) is 16.5 Å². The van der Waals surface area contributed by atoms with Crippen LogP contribution in [0, 0.1) is 0 Å². The van der Waals surface area contributed by atoms with E-state index in [1.54, 1.807) is 12.4 Å². The van der Waals surface area contributed by atoms with Gasteiger partial charge in [0.2, 0.25) is 5.88 Å². The van der Waals surface area contributed by atoms with E-state index < -0.39 is 0 Å². The second-order valence-electron chi connectivity index (χ2n) is 4.62. The highest BCUT2D eigenvalue weighted by molar-refractivity contribution is 5.84. The summed E-state index contributed by atoms with van der Waals surface area (Å²) in [5.41, 5.74) is 7.64. The molecule has 0 bridgehead atoms. The van der Waals surface area contributed by atoms with Crippen molar-refractivity contribution in [2.75, 3.05) is 0 Å². The summed E-state index contributed by atoms with van der Waals surface area (Å²) in [6.07, 6.45) is 3.44. The lowest BCUT2D eigenvalue weighted by molar-refractivity contribution is 0.456. The molecular formula is C16H15N3O. The Balaban J connectivity index is 2.06. The highest BCUT2D eigenvalue weighted by Gasteiger charge is 2.11. The number of ether oxygens (including phenoxy) is 1. The zero-order chi connectivity index (χ0) is 13.9. The second kappa shape index (κ2) is 5.27. The molecule has 0 amide bonds. The molecule has 0 fully saturated rings. The average molecular weight is 265 g/mol. The molecule has 2 aromatic heterocycles. The summed E-state index contributed by atoms with van der Waals surface area (Å²) in [4.78, 5) is 8.64. The van der Waals surface area contributed by atoms with Crippen LogP contribution in [0.4, 0.5) is 0 Å². The highest BCUT2D eigenvalue weighted by atomic mass is 16.5. The minimum atomic E-state index is -0.137. The Bertz CT molecular complexity index is 735. The molecule has 0 radical (unpaired) electrons. The van der Waals surface area contributed by atoms with Crippen LogP contribution in [0.15, 0.2) is 54.9 Å². The van der Waals surface area contributed by atoms with Crippen molar-refractivity contribution in [1.29, 1.82) is 0 Å². The molecule has 4 heteroatoms. The van der Waals surface area contributed by atoms with E-state index in [0.29, 0.717) is 11.6 Å². The molecule has 100 valence electrons. The fourth-order valence-electron chi connectivity index (χ4n) is 2.10. The molecule has 1 unspecified atom stereocenters. The number of fused-ring (bicyclic) bond motifs is 1. The molecule has 0 aliphatic carbocycles. The van der Waals surface area contributed by atoms with Gasteiger partial charge in [-0.25, -0.2) is 4.98 Å². The van der Waals surface area contributed by atoms with Crippen LogP contribution in [-0.2, 0) is 0 Å². The fraction of sp³-hybridized carbons (Fsp3) is 0.125. The van der Waals surface area contributed by atoms with Gasteiger partial charge < -0.3 is 10.5 Å².